The lowest BCUT2D eigenvalue weighted by Gasteiger charge is -2.55. The van der Waals surface area contributed by atoms with Crippen LogP contribution in [0.2, 0.25) is 0 Å². The van der Waals surface area contributed by atoms with Gasteiger partial charge < -0.3 is 15.2 Å². The average molecular weight is 379 g/mol. The van der Waals surface area contributed by atoms with Crippen LogP contribution in [0.15, 0.2) is 0 Å². The summed E-state index contributed by atoms with van der Waals surface area (Å²) in [6, 6.07) is 0. The van der Waals surface area contributed by atoms with Crippen molar-refractivity contribution in [1.82, 2.24) is 0 Å². The molecule has 6 aliphatic rings. The second kappa shape index (κ2) is 5.68. The number of ether oxygens (including phenoxy) is 2. The zero-order valence-corrected chi connectivity index (χ0v) is 16.2. The van der Waals surface area contributed by atoms with E-state index in [0.717, 1.165) is 19.3 Å². The molecule has 6 rings (SSSR count). The van der Waals surface area contributed by atoms with Crippen molar-refractivity contribution in [3.63, 3.8) is 0 Å². The minimum atomic E-state index is -1.30. The van der Waals surface area contributed by atoms with E-state index in [0.29, 0.717) is 24.2 Å². The predicted octanol–water partition coefficient (Wildman–Crippen LogP) is 2.96. The second-order valence-electron chi connectivity index (χ2n) is 10.3. The number of nitrogens with two attached hydrogens (primary N) is 1. The van der Waals surface area contributed by atoms with Gasteiger partial charge in [-0.3, -0.25) is 4.79 Å². The Labute approximate surface area is 159 Å². The Bertz CT molecular complexity index is 646. The number of carbonyl (C=O) groups is 2. The van der Waals surface area contributed by atoms with Crippen molar-refractivity contribution >= 4 is 11.9 Å². The number of alkyl halides is 1. The normalized spacial score (nSPS) is 53.0. The first kappa shape index (κ1) is 17.9. The highest BCUT2D eigenvalue weighted by atomic mass is 19.1. The summed E-state index contributed by atoms with van der Waals surface area (Å²) in [7, 11) is 0. The van der Waals surface area contributed by atoms with E-state index in [1.54, 1.807) is 6.92 Å². The van der Waals surface area contributed by atoms with Crippen molar-refractivity contribution in [2.75, 3.05) is 0 Å². The molecule has 0 aliphatic heterocycles. The Morgan fingerprint density at radius 2 is 1.52 bits per heavy atom. The lowest BCUT2D eigenvalue weighted by atomic mass is 9.49. The van der Waals surface area contributed by atoms with E-state index in [2.05, 4.69) is 0 Å². The van der Waals surface area contributed by atoms with Crippen LogP contribution in [-0.4, -0.2) is 29.9 Å². The highest BCUT2D eigenvalue weighted by Crippen LogP contribution is 2.62. The van der Waals surface area contributed by atoms with E-state index < -0.39 is 29.9 Å². The van der Waals surface area contributed by atoms with E-state index in [1.807, 2.05) is 6.92 Å². The number of esters is 2. The van der Waals surface area contributed by atoms with Crippen LogP contribution in [0, 0.1) is 40.9 Å². The molecule has 6 fully saturated rings. The molecule has 150 valence electrons. The van der Waals surface area contributed by atoms with E-state index in [9.17, 15) is 14.0 Å². The van der Waals surface area contributed by atoms with Crippen molar-refractivity contribution in [2.45, 2.75) is 76.8 Å². The van der Waals surface area contributed by atoms with E-state index in [1.165, 1.54) is 19.3 Å². The molecule has 27 heavy (non-hydrogen) atoms. The van der Waals surface area contributed by atoms with E-state index in [4.69, 9.17) is 15.2 Å². The van der Waals surface area contributed by atoms with Crippen LogP contribution in [0.5, 0.6) is 0 Å². The van der Waals surface area contributed by atoms with Crippen molar-refractivity contribution < 1.29 is 23.5 Å². The van der Waals surface area contributed by atoms with Crippen LogP contribution in [0.1, 0.15) is 58.8 Å². The molecule has 6 heteroatoms. The first-order chi connectivity index (χ1) is 12.7. The smallest absolute Gasteiger partial charge is 0.329 e. The number of hydrogen-bond acceptors (Lipinski definition) is 5. The van der Waals surface area contributed by atoms with Gasteiger partial charge in [-0.15, -0.1) is 0 Å². The zero-order valence-electron chi connectivity index (χ0n) is 16.2. The average Bonchev–Trinajstić information content (AvgIpc) is 3.11. The first-order valence-corrected chi connectivity index (χ1v) is 10.6. The Morgan fingerprint density at radius 1 is 1.00 bits per heavy atom. The molecule has 6 atom stereocenters. The van der Waals surface area contributed by atoms with Crippen LogP contribution in [-0.2, 0) is 19.1 Å². The van der Waals surface area contributed by atoms with Gasteiger partial charge in [0.1, 0.15) is 11.7 Å². The standard InChI is InChI=1S/C21H30FNO4/c1-10-3-15-16(17(15)22)21(10,23)19(25)27-11(2)26-18(24)20-7-12-4-13(8-20)6-14(5-12)9-20/h10-17H,3-9,23H2,1-2H3. The topological polar surface area (TPSA) is 78.6 Å². The molecule has 6 aliphatic carbocycles. The minimum absolute atomic E-state index is 0.123. The summed E-state index contributed by atoms with van der Waals surface area (Å²) in [5, 5.41) is 0. The van der Waals surface area contributed by atoms with Gasteiger partial charge in [0.2, 0.25) is 6.29 Å². The summed E-state index contributed by atoms with van der Waals surface area (Å²) < 4.78 is 24.9. The third-order valence-electron chi connectivity index (χ3n) is 8.44. The Balaban J connectivity index is 1.23. The monoisotopic (exact) mass is 379 g/mol. The Hall–Kier alpha value is -1.17. The highest BCUT2D eigenvalue weighted by Gasteiger charge is 2.71. The lowest BCUT2D eigenvalue weighted by Crippen LogP contribution is -2.56. The quantitative estimate of drug-likeness (QED) is 0.600. The van der Waals surface area contributed by atoms with Gasteiger partial charge in [0, 0.05) is 12.8 Å². The van der Waals surface area contributed by atoms with Crippen LogP contribution in [0.3, 0.4) is 0 Å². The van der Waals surface area contributed by atoms with Crippen molar-refractivity contribution in [1.29, 1.82) is 0 Å². The van der Waals surface area contributed by atoms with Crippen LogP contribution in [0.25, 0.3) is 0 Å². The number of rotatable bonds is 4. The van der Waals surface area contributed by atoms with Crippen molar-refractivity contribution in [2.24, 2.45) is 46.7 Å². The molecular formula is C21H30FNO4. The molecular weight excluding hydrogens is 349 g/mol. The SMILES string of the molecule is CC(OC(=O)C12CC3CC(CC(C3)C1)C2)OC(=O)C1(N)C(C)CC2C(F)C21. The molecule has 0 heterocycles. The van der Waals surface area contributed by atoms with E-state index in [-0.39, 0.29) is 23.2 Å². The summed E-state index contributed by atoms with van der Waals surface area (Å²) in [6.45, 7) is 3.43. The molecule has 4 bridgehead atoms. The maximum atomic E-state index is 13.8. The molecule has 6 unspecified atom stereocenters. The molecule has 0 aromatic heterocycles. The number of carbonyl (C=O) groups excluding carboxylic acids is 2. The fourth-order valence-corrected chi connectivity index (χ4v) is 7.41. The van der Waals surface area contributed by atoms with Gasteiger partial charge in [-0.2, -0.15) is 0 Å². The summed E-state index contributed by atoms with van der Waals surface area (Å²) in [5.41, 5.74) is 4.61. The molecule has 0 amide bonds. The molecule has 0 saturated heterocycles. The molecule has 0 aromatic rings. The molecule has 5 nitrogen and oxygen atoms in total. The zero-order chi connectivity index (χ0) is 19.1. The van der Waals surface area contributed by atoms with Gasteiger partial charge >= 0.3 is 11.9 Å². The van der Waals surface area contributed by atoms with Gasteiger partial charge in [0.05, 0.1) is 5.41 Å². The Kier molecular flexibility index (Phi) is 3.76. The van der Waals surface area contributed by atoms with Gasteiger partial charge in [-0.05, 0) is 74.5 Å². The highest BCUT2D eigenvalue weighted by molar-refractivity contribution is 5.84. The van der Waals surface area contributed by atoms with Gasteiger partial charge in [-0.25, -0.2) is 9.18 Å². The Morgan fingerprint density at radius 3 is 2.04 bits per heavy atom. The van der Waals surface area contributed by atoms with Gasteiger partial charge in [0.15, 0.2) is 0 Å². The molecule has 2 N–H and O–H groups in total. The largest absolute Gasteiger partial charge is 0.425 e. The molecule has 0 radical (unpaired) electrons. The summed E-state index contributed by atoms with van der Waals surface area (Å²) in [6.07, 6.45) is 5.08. The maximum absolute atomic E-state index is 13.8. The third kappa shape index (κ3) is 2.51. The minimum Gasteiger partial charge on any atom is -0.425 e. The van der Waals surface area contributed by atoms with E-state index >= 15 is 0 Å². The third-order valence-corrected chi connectivity index (χ3v) is 8.44. The van der Waals surface area contributed by atoms with Crippen LogP contribution >= 0.6 is 0 Å². The lowest BCUT2D eigenvalue weighted by molar-refractivity contribution is -0.205. The fraction of sp³-hybridized carbons (Fsp3) is 0.905. The predicted molar refractivity (Wildman–Crippen MR) is 94.8 cm³/mol. The second-order valence-corrected chi connectivity index (χ2v) is 10.3. The maximum Gasteiger partial charge on any atom is 0.329 e. The van der Waals surface area contributed by atoms with Crippen molar-refractivity contribution in [3.8, 4) is 0 Å². The number of halogens is 1. The first-order valence-electron chi connectivity index (χ1n) is 10.6. The van der Waals surface area contributed by atoms with Crippen LogP contribution < -0.4 is 5.73 Å². The number of hydrogen-bond donors (Lipinski definition) is 1. The van der Waals surface area contributed by atoms with Gasteiger partial charge in [0.25, 0.3) is 0 Å². The summed E-state index contributed by atoms with van der Waals surface area (Å²) in [4.78, 5) is 25.7. The molecule has 0 aromatic carbocycles. The fourth-order valence-electron chi connectivity index (χ4n) is 7.41. The van der Waals surface area contributed by atoms with Crippen LogP contribution in [0.4, 0.5) is 4.39 Å². The van der Waals surface area contributed by atoms with Crippen molar-refractivity contribution in [3.05, 3.63) is 0 Å². The molecule has 0 spiro atoms. The van der Waals surface area contributed by atoms with Gasteiger partial charge in [-0.1, -0.05) is 6.92 Å². The number of fused-ring (bicyclic) bond motifs is 1. The summed E-state index contributed by atoms with van der Waals surface area (Å²) in [5.74, 6) is 0.366. The summed E-state index contributed by atoms with van der Waals surface area (Å²) >= 11 is 0. The molecule has 6 saturated carbocycles.